The zero-order chi connectivity index (χ0) is 17.4. The summed E-state index contributed by atoms with van der Waals surface area (Å²) in [5.41, 5.74) is 0. The third kappa shape index (κ3) is 5.46. The lowest BCUT2D eigenvalue weighted by atomic mass is 10.3. The van der Waals surface area contributed by atoms with Crippen LogP contribution in [0, 0.1) is 5.82 Å². The van der Waals surface area contributed by atoms with Crippen molar-refractivity contribution in [3.05, 3.63) is 54.3 Å². The maximum Gasteiger partial charge on any atom is 0.260 e. The molecule has 2 rings (SSSR count). The Morgan fingerprint density at radius 2 is 1.83 bits per heavy atom. The molecule has 0 bridgehead atoms. The minimum absolute atomic E-state index is 0.250. The zero-order valence-corrected chi connectivity index (χ0v) is 13.6. The number of nitrogens with one attached hydrogen (secondary N) is 1. The second-order valence-corrected chi connectivity index (χ2v) is 5.03. The minimum atomic E-state index is -0.650. The highest BCUT2D eigenvalue weighted by Crippen LogP contribution is 2.19. The molecule has 0 aliphatic rings. The van der Waals surface area contributed by atoms with Crippen LogP contribution in [0.3, 0.4) is 0 Å². The molecule has 6 heteroatoms. The molecule has 0 saturated heterocycles. The first kappa shape index (κ1) is 17.6. The number of carbonyl (C=O) groups is 1. The zero-order valence-electron chi connectivity index (χ0n) is 13.6. The van der Waals surface area contributed by atoms with Crippen LogP contribution in [0.4, 0.5) is 4.39 Å². The fraction of sp³-hybridized carbons (Fsp3) is 0.278. The predicted molar refractivity (Wildman–Crippen MR) is 88.0 cm³/mol. The fourth-order valence-electron chi connectivity index (χ4n) is 1.95. The SMILES string of the molecule is COc1cccc(OC(C)C(=O)NCCOc2ccc(F)cc2)c1. The second kappa shape index (κ2) is 8.76. The van der Waals surface area contributed by atoms with Crippen molar-refractivity contribution in [2.75, 3.05) is 20.3 Å². The highest BCUT2D eigenvalue weighted by atomic mass is 19.1. The number of methoxy groups -OCH3 is 1. The molecule has 24 heavy (non-hydrogen) atoms. The van der Waals surface area contributed by atoms with E-state index in [1.807, 2.05) is 0 Å². The summed E-state index contributed by atoms with van der Waals surface area (Å²) in [4.78, 5) is 12.0. The van der Waals surface area contributed by atoms with Crippen LogP contribution >= 0.6 is 0 Å². The summed E-state index contributed by atoms with van der Waals surface area (Å²) in [6, 6.07) is 12.7. The number of ether oxygens (including phenoxy) is 3. The van der Waals surface area contributed by atoms with E-state index in [1.165, 1.54) is 24.3 Å². The first-order valence-corrected chi connectivity index (χ1v) is 7.55. The Morgan fingerprint density at radius 3 is 2.54 bits per heavy atom. The lowest BCUT2D eigenvalue weighted by Crippen LogP contribution is -2.38. The Balaban J connectivity index is 1.72. The van der Waals surface area contributed by atoms with E-state index in [0.717, 1.165) is 0 Å². The molecule has 0 aliphatic carbocycles. The van der Waals surface area contributed by atoms with Crippen LogP contribution in [0.2, 0.25) is 0 Å². The summed E-state index contributed by atoms with van der Waals surface area (Å²) < 4.78 is 28.8. The Kier molecular flexibility index (Phi) is 6.42. The fourth-order valence-corrected chi connectivity index (χ4v) is 1.95. The van der Waals surface area contributed by atoms with Gasteiger partial charge in [0, 0.05) is 6.07 Å². The van der Waals surface area contributed by atoms with Gasteiger partial charge in [0.15, 0.2) is 6.10 Å². The number of amides is 1. The van der Waals surface area contributed by atoms with Gasteiger partial charge in [-0.3, -0.25) is 4.79 Å². The maximum absolute atomic E-state index is 12.8. The average molecular weight is 333 g/mol. The molecular weight excluding hydrogens is 313 g/mol. The monoisotopic (exact) mass is 333 g/mol. The molecule has 0 radical (unpaired) electrons. The first-order valence-electron chi connectivity index (χ1n) is 7.55. The van der Waals surface area contributed by atoms with Gasteiger partial charge in [0.25, 0.3) is 5.91 Å². The number of hydrogen-bond acceptors (Lipinski definition) is 4. The standard InChI is InChI=1S/C18H20FNO4/c1-13(24-17-5-3-4-16(12-17)22-2)18(21)20-10-11-23-15-8-6-14(19)7-9-15/h3-9,12-13H,10-11H2,1-2H3,(H,20,21). The maximum atomic E-state index is 12.8. The van der Waals surface area contributed by atoms with Crippen molar-refractivity contribution >= 4 is 5.91 Å². The third-order valence-corrected chi connectivity index (χ3v) is 3.21. The van der Waals surface area contributed by atoms with Gasteiger partial charge in [0.05, 0.1) is 13.7 Å². The molecule has 0 heterocycles. The van der Waals surface area contributed by atoms with Gasteiger partial charge >= 0.3 is 0 Å². The molecule has 0 fully saturated rings. The van der Waals surface area contributed by atoms with E-state index < -0.39 is 6.10 Å². The summed E-state index contributed by atoms with van der Waals surface area (Å²) in [6.07, 6.45) is -0.650. The highest BCUT2D eigenvalue weighted by molar-refractivity contribution is 5.80. The van der Waals surface area contributed by atoms with Gasteiger partial charge in [-0.05, 0) is 43.3 Å². The topological polar surface area (TPSA) is 56.8 Å². The smallest absolute Gasteiger partial charge is 0.260 e. The molecule has 1 unspecified atom stereocenters. The van der Waals surface area contributed by atoms with Crippen molar-refractivity contribution in [3.63, 3.8) is 0 Å². The quantitative estimate of drug-likeness (QED) is 0.755. The summed E-state index contributed by atoms with van der Waals surface area (Å²) in [7, 11) is 1.57. The molecule has 0 saturated carbocycles. The van der Waals surface area contributed by atoms with Crippen molar-refractivity contribution in [2.24, 2.45) is 0 Å². The van der Waals surface area contributed by atoms with Crippen molar-refractivity contribution in [1.82, 2.24) is 5.32 Å². The normalized spacial score (nSPS) is 11.5. The predicted octanol–water partition coefficient (Wildman–Crippen LogP) is 2.80. The van der Waals surface area contributed by atoms with E-state index >= 15 is 0 Å². The van der Waals surface area contributed by atoms with E-state index in [-0.39, 0.29) is 18.3 Å². The van der Waals surface area contributed by atoms with Gasteiger partial charge in [-0.1, -0.05) is 6.07 Å². The van der Waals surface area contributed by atoms with Crippen molar-refractivity contribution < 1.29 is 23.4 Å². The Labute approximate surface area is 140 Å². The summed E-state index contributed by atoms with van der Waals surface area (Å²) >= 11 is 0. The summed E-state index contributed by atoms with van der Waals surface area (Å²) in [5.74, 6) is 1.19. The molecule has 5 nitrogen and oxygen atoms in total. The molecule has 1 amide bonds. The van der Waals surface area contributed by atoms with Crippen LogP contribution in [0.25, 0.3) is 0 Å². The van der Waals surface area contributed by atoms with Crippen LogP contribution in [0.1, 0.15) is 6.92 Å². The third-order valence-electron chi connectivity index (χ3n) is 3.21. The van der Waals surface area contributed by atoms with Crippen LogP contribution < -0.4 is 19.5 Å². The molecule has 0 aromatic heterocycles. The second-order valence-electron chi connectivity index (χ2n) is 5.03. The Bertz CT molecular complexity index is 660. The van der Waals surface area contributed by atoms with E-state index in [0.29, 0.717) is 23.8 Å². The average Bonchev–Trinajstić information content (AvgIpc) is 2.60. The number of rotatable bonds is 8. The number of benzene rings is 2. The molecular formula is C18H20FNO4. The van der Waals surface area contributed by atoms with Gasteiger partial charge in [-0.2, -0.15) is 0 Å². The molecule has 2 aromatic rings. The molecule has 2 aromatic carbocycles. The van der Waals surface area contributed by atoms with Crippen molar-refractivity contribution in [2.45, 2.75) is 13.0 Å². The van der Waals surface area contributed by atoms with Gasteiger partial charge < -0.3 is 19.5 Å². The highest BCUT2D eigenvalue weighted by Gasteiger charge is 2.14. The molecule has 1 atom stereocenters. The lowest BCUT2D eigenvalue weighted by Gasteiger charge is -2.15. The number of carbonyl (C=O) groups excluding carboxylic acids is 1. The Hall–Kier alpha value is -2.76. The number of halogens is 1. The summed E-state index contributed by atoms with van der Waals surface area (Å²) in [5, 5.41) is 2.72. The van der Waals surface area contributed by atoms with E-state index in [1.54, 1.807) is 38.3 Å². The lowest BCUT2D eigenvalue weighted by molar-refractivity contribution is -0.127. The largest absolute Gasteiger partial charge is 0.497 e. The molecule has 0 aliphatic heterocycles. The van der Waals surface area contributed by atoms with Gasteiger partial charge in [-0.25, -0.2) is 4.39 Å². The van der Waals surface area contributed by atoms with E-state index in [4.69, 9.17) is 14.2 Å². The van der Waals surface area contributed by atoms with Crippen molar-refractivity contribution in [1.29, 1.82) is 0 Å². The van der Waals surface area contributed by atoms with Gasteiger partial charge in [-0.15, -0.1) is 0 Å². The van der Waals surface area contributed by atoms with Crippen molar-refractivity contribution in [3.8, 4) is 17.2 Å². The summed E-state index contributed by atoms with van der Waals surface area (Å²) in [6.45, 7) is 2.26. The van der Waals surface area contributed by atoms with Crippen LogP contribution in [0.5, 0.6) is 17.2 Å². The van der Waals surface area contributed by atoms with Gasteiger partial charge in [0.1, 0.15) is 29.7 Å². The molecule has 128 valence electrons. The minimum Gasteiger partial charge on any atom is -0.497 e. The van der Waals surface area contributed by atoms with Crippen LogP contribution in [-0.2, 0) is 4.79 Å². The number of hydrogen-bond donors (Lipinski definition) is 1. The van der Waals surface area contributed by atoms with Crippen LogP contribution in [0.15, 0.2) is 48.5 Å². The molecule has 0 spiro atoms. The Morgan fingerprint density at radius 1 is 1.12 bits per heavy atom. The van der Waals surface area contributed by atoms with E-state index in [2.05, 4.69) is 5.32 Å². The van der Waals surface area contributed by atoms with E-state index in [9.17, 15) is 9.18 Å². The molecule has 1 N–H and O–H groups in total. The first-order chi connectivity index (χ1) is 11.6. The van der Waals surface area contributed by atoms with Gasteiger partial charge in [0.2, 0.25) is 0 Å². The van der Waals surface area contributed by atoms with Crippen LogP contribution in [-0.4, -0.2) is 32.3 Å².